The van der Waals surface area contributed by atoms with Crippen LogP contribution >= 0.6 is 0 Å². The third kappa shape index (κ3) is 3.44. The normalized spacial score (nSPS) is 11.2. The van der Waals surface area contributed by atoms with Crippen LogP contribution < -0.4 is 10.5 Å². The lowest BCUT2D eigenvalue weighted by atomic mass is 10.1. The smallest absolute Gasteiger partial charge is 0.337 e. The number of benzene rings is 1. The van der Waals surface area contributed by atoms with E-state index in [-0.39, 0.29) is 16.1 Å². The first-order chi connectivity index (χ1) is 8.38. The summed E-state index contributed by atoms with van der Waals surface area (Å²) < 4.78 is 22.8. The highest BCUT2D eigenvalue weighted by molar-refractivity contribution is 7.89. The minimum Gasteiger partial charge on any atom is -0.478 e. The summed E-state index contributed by atoms with van der Waals surface area (Å²) in [7, 11) is -3.95. The molecule has 100 valence electrons. The summed E-state index contributed by atoms with van der Waals surface area (Å²) in [5, 5.41) is 16.9. The minimum atomic E-state index is -3.95. The number of para-hydroxylation sites is 1. The second-order valence-electron chi connectivity index (χ2n) is 3.81. The molecule has 0 aliphatic carbocycles. The largest absolute Gasteiger partial charge is 0.478 e. The SMILES string of the molecule is CCCCNc1c(C(=O)O)cccc1S(N)(=O)=O. The van der Waals surface area contributed by atoms with Crippen LogP contribution in [0.5, 0.6) is 0 Å². The summed E-state index contributed by atoms with van der Waals surface area (Å²) in [5.74, 6) is -1.19. The molecule has 0 heterocycles. The number of anilines is 1. The van der Waals surface area contributed by atoms with E-state index in [2.05, 4.69) is 5.32 Å². The average molecular weight is 272 g/mol. The Bertz CT molecular complexity index is 540. The standard InChI is InChI=1S/C11H16N2O4S/c1-2-3-7-13-10-8(11(14)15)5-4-6-9(10)18(12,16)17/h4-6,13H,2-3,7H2,1H3,(H,14,15)(H2,12,16,17). The topological polar surface area (TPSA) is 109 Å². The van der Waals surface area contributed by atoms with Crippen molar-refractivity contribution in [2.75, 3.05) is 11.9 Å². The Morgan fingerprint density at radius 2 is 2.11 bits per heavy atom. The molecule has 0 aromatic heterocycles. The van der Waals surface area contributed by atoms with Crippen molar-refractivity contribution < 1.29 is 18.3 Å². The zero-order chi connectivity index (χ0) is 13.8. The van der Waals surface area contributed by atoms with Crippen LogP contribution in [0, 0.1) is 0 Å². The molecule has 6 nitrogen and oxygen atoms in total. The first kappa shape index (κ1) is 14.5. The monoisotopic (exact) mass is 272 g/mol. The second-order valence-corrected chi connectivity index (χ2v) is 5.34. The predicted molar refractivity (Wildman–Crippen MR) is 68.2 cm³/mol. The van der Waals surface area contributed by atoms with Crippen molar-refractivity contribution in [3.8, 4) is 0 Å². The number of rotatable bonds is 6. The number of primary sulfonamides is 1. The van der Waals surface area contributed by atoms with Crippen molar-refractivity contribution in [2.24, 2.45) is 5.14 Å². The third-order valence-corrected chi connectivity index (χ3v) is 3.35. The Kier molecular flexibility index (Phi) is 4.69. The summed E-state index contributed by atoms with van der Waals surface area (Å²) >= 11 is 0. The highest BCUT2D eigenvalue weighted by Crippen LogP contribution is 2.24. The third-order valence-electron chi connectivity index (χ3n) is 2.40. The lowest BCUT2D eigenvalue weighted by Gasteiger charge is -2.13. The molecule has 0 saturated carbocycles. The van der Waals surface area contributed by atoms with Gasteiger partial charge in [0.2, 0.25) is 10.0 Å². The van der Waals surface area contributed by atoms with Gasteiger partial charge >= 0.3 is 5.97 Å². The Labute approximate surface area is 106 Å². The second kappa shape index (κ2) is 5.83. The number of carboxylic acid groups (broad SMARTS) is 1. The van der Waals surface area contributed by atoms with Gasteiger partial charge in [0.25, 0.3) is 0 Å². The number of carbonyl (C=O) groups is 1. The van der Waals surface area contributed by atoms with E-state index in [1.165, 1.54) is 18.2 Å². The maximum Gasteiger partial charge on any atom is 0.337 e. The molecule has 0 amide bonds. The first-order valence-electron chi connectivity index (χ1n) is 5.51. The van der Waals surface area contributed by atoms with Crippen molar-refractivity contribution >= 4 is 21.7 Å². The molecule has 1 aromatic carbocycles. The van der Waals surface area contributed by atoms with Crippen molar-refractivity contribution in [3.05, 3.63) is 23.8 Å². The molecule has 1 aromatic rings. The van der Waals surface area contributed by atoms with E-state index in [0.717, 1.165) is 12.8 Å². The molecule has 0 bridgehead atoms. The van der Waals surface area contributed by atoms with Gasteiger partial charge in [0, 0.05) is 6.54 Å². The lowest BCUT2D eigenvalue weighted by molar-refractivity contribution is 0.0697. The van der Waals surface area contributed by atoms with Gasteiger partial charge in [-0.2, -0.15) is 0 Å². The molecular weight excluding hydrogens is 256 g/mol. The summed E-state index contributed by atoms with van der Waals surface area (Å²) in [6.45, 7) is 2.47. The van der Waals surface area contributed by atoms with Crippen molar-refractivity contribution in [1.29, 1.82) is 0 Å². The van der Waals surface area contributed by atoms with Crippen LogP contribution in [-0.4, -0.2) is 26.0 Å². The molecule has 0 aliphatic heterocycles. The van der Waals surface area contributed by atoms with E-state index in [4.69, 9.17) is 10.2 Å². The summed E-state index contributed by atoms with van der Waals surface area (Å²) in [4.78, 5) is 10.9. The van der Waals surface area contributed by atoms with Gasteiger partial charge in [-0.1, -0.05) is 19.4 Å². The average Bonchev–Trinajstić information content (AvgIpc) is 2.27. The van der Waals surface area contributed by atoms with E-state index in [9.17, 15) is 13.2 Å². The van der Waals surface area contributed by atoms with Gasteiger partial charge in [-0.05, 0) is 18.6 Å². The molecule has 0 unspecified atom stereocenters. The van der Waals surface area contributed by atoms with E-state index >= 15 is 0 Å². The molecule has 4 N–H and O–H groups in total. The van der Waals surface area contributed by atoms with Crippen LogP contribution in [0.4, 0.5) is 5.69 Å². The van der Waals surface area contributed by atoms with E-state index in [1.54, 1.807) is 0 Å². The molecule has 0 spiro atoms. The van der Waals surface area contributed by atoms with Crippen LogP contribution in [-0.2, 0) is 10.0 Å². The van der Waals surface area contributed by atoms with Gasteiger partial charge in [0.05, 0.1) is 11.3 Å². The van der Waals surface area contributed by atoms with Gasteiger partial charge < -0.3 is 10.4 Å². The molecule has 7 heteroatoms. The quantitative estimate of drug-likeness (QED) is 0.675. The Morgan fingerprint density at radius 1 is 1.44 bits per heavy atom. The number of carboxylic acids is 1. The Morgan fingerprint density at radius 3 is 2.61 bits per heavy atom. The predicted octanol–water partition coefficient (Wildman–Crippen LogP) is 1.24. The Balaban J connectivity index is 3.26. The van der Waals surface area contributed by atoms with Crippen molar-refractivity contribution in [1.82, 2.24) is 0 Å². The van der Waals surface area contributed by atoms with Crippen LogP contribution in [0.1, 0.15) is 30.1 Å². The number of hydrogen-bond acceptors (Lipinski definition) is 4. The van der Waals surface area contributed by atoms with Crippen LogP contribution in [0.3, 0.4) is 0 Å². The molecule has 0 aliphatic rings. The fraction of sp³-hybridized carbons (Fsp3) is 0.364. The number of aromatic carboxylic acids is 1. The fourth-order valence-corrected chi connectivity index (χ4v) is 2.25. The van der Waals surface area contributed by atoms with Gasteiger partial charge in [0.1, 0.15) is 4.90 Å². The van der Waals surface area contributed by atoms with Crippen LogP contribution in [0.25, 0.3) is 0 Å². The van der Waals surface area contributed by atoms with Gasteiger partial charge in [-0.3, -0.25) is 0 Å². The number of nitrogens with two attached hydrogens (primary N) is 1. The zero-order valence-corrected chi connectivity index (χ0v) is 10.8. The summed E-state index contributed by atoms with van der Waals surface area (Å²) in [6.07, 6.45) is 1.71. The molecule has 18 heavy (non-hydrogen) atoms. The van der Waals surface area contributed by atoms with Crippen molar-refractivity contribution in [3.63, 3.8) is 0 Å². The molecule has 0 atom stereocenters. The molecule has 0 fully saturated rings. The van der Waals surface area contributed by atoms with E-state index in [1.807, 2.05) is 6.92 Å². The molecular formula is C11H16N2O4S. The number of unbranched alkanes of at least 4 members (excludes halogenated alkanes) is 1. The fourth-order valence-electron chi connectivity index (χ4n) is 1.52. The highest BCUT2D eigenvalue weighted by Gasteiger charge is 2.19. The maximum absolute atomic E-state index is 11.4. The Hall–Kier alpha value is -1.60. The van der Waals surface area contributed by atoms with Gasteiger partial charge in [-0.25, -0.2) is 18.4 Å². The van der Waals surface area contributed by atoms with Gasteiger partial charge in [0.15, 0.2) is 0 Å². The summed E-state index contributed by atoms with van der Waals surface area (Å²) in [6, 6.07) is 3.98. The number of hydrogen-bond donors (Lipinski definition) is 3. The highest BCUT2D eigenvalue weighted by atomic mass is 32.2. The van der Waals surface area contributed by atoms with Gasteiger partial charge in [-0.15, -0.1) is 0 Å². The van der Waals surface area contributed by atoms with Crippen molar-refractivity contribution in [2.45, 2.75) is 24.7 Å². The van der Waals surface area contributed by atoms with E-state index < -0.39 is 16.0 Å². The molecule has 0 radical (unpaired) electrons. The first-order valence-corrected chi connectivity index (χ1v) is 7.05. The number of nitrogens with one attached hydrogen (secondary N) is 1. The van der Waals surface area contributed by atoms with Crippen LogP contribution in [0.15, 0.2) is 23.1 Å². The zero-order valence-electron chi connectivity index (χ0n) is 10.0. The number of sulfonamides is 1. The maximum atomic E-state index is 11.4. The van der Waals surface area contributed by atoms with E-state index in [0.29, 0.717) is 6.54 Å². The summed E-state index contributed by atoms with van der Waals surface area (Å²) in [5.41, 5.74) is -0.0430. The molecule has 0 saturated heterocycles. The minimum absolute atomic E-state index is 0.0564. The lowest BCUT2D eigenvalue weighted by Crippen LogP contribution is -2.18. The molecule has 1 rings (SSSR count). The van der Waals surface area contributed by atoms with Crippen LogP contribution in [0.2, 0.25) is 0 Å².